The van der Waals surface area contributed by atoms with Crippen LogP contribution >= 0.6 is 0 Å². The number of aromatic nitrogens is 1. The maximum atomic E-state index is 11.7. The summed E-state index contributed by atoms with van der Waals surface area (Å²) in [7, 11) is 0. The van der Waals surface area contributed by atoms with Crippen LogP contribution in [0.2, 0.25) is 0 Å². The third-order valence-electron chi connectivity index (χ3n) is 5.09. The minimum absolute atomic E-state index is 0.334. The summed E-state index contributed by atoms with van der Waals surface area (Å²) < 4.78 is 2.28. The number of aryl methyl sites for hydroxylation is 1. The standard InChI is InChI=1S/C21H28N2O/c1-3-4-5-6-16-9-11-18(12-10-16)20-13-19(21(22)24)15(2)23(20)14-17-7-8-17/h9-13,17H,3-8,14H2,1-2H3,(H2,22,24). The van der Waals surface area contributed by atoms with Crippen molar-refractivity contribution in [3.63, 3.8) is 0 Å². The van der Waals surface area contributed by atoms with Crippen LogP contribution in [-0.4, -0.2) is 10.5 Å². The second-order valence-electron chi connectivity index (χ2n) is 7.10. The molecular formula is C21H28N2O. The number of amides is 1. The molecular weight excluding hydrogens is 296 g/mol. The number of hydrogen-bond acceptors (Lipinski definition) is 1. The highest BCUT2D eigenvalue weighted by molar-refractivity contribution is 5.95. The fourth-order valence-corrected chi connectivity index (χ4v) is 3.35. The van der Waals surface area contributed by atoms with E-state index in [9.17, 15) is 4.79 Å². The van der Waals surface area contributed by atoms with E-state index >= 15 is 0 Å². The lowest BCUT2D eigenvalue weighted by Gasteiger charge is -2.12. The molecule has 0 unspecified atom stereocenters. The molecule has 24 heavy (non-hydrogen) atoms. The average molecular weight is 324 g/mol. The topological polar surface area (TPSA) is 48.0 Å². The number of unbranched alkanes of at least 4 members (excludes halogenated alkanes) is 2. The van der Waals surface area contributed by atoms with Crippen molar-refractivity contribution in [2.45, 2.75) is 58.9 Å². The minimum Gasteiger partial charge on any atom is -0.366 e. The number of primary amides is 1. The van der Waals surface area contributed by atoms with Crippen molar-refractivity contribution in [2.75, 3.05) is 0 Å². The van der Waals surface area contributed by atoms with Crippen LogP contribution in [0.4, 0.5) is 0 Å². The van der Waals surface area contributed by atoms with E-state index in [1.165, 1.54) is 43.2 Å². The molecule has 1 amide bonds. The summed E-state index contributed by atoms with van der Waals surface area (Å²) in [5.41, 5.74) is 10.9. The fraction of sp³-hybridized carbons (Fsp3) is 0.476. The van der Waals surface area contributed by atoms with Gasteiger partial charge in [0.25, 0.3) is 5.91 Å². The van der Waals surface area contributed by atoms with Gasteiger partial charge in [0.15, 0.2) is 0 Å². The van der Waals surface area contributed by atoms with Crippen molar-refractivity contribution in [3.8, 4) is 11.3 Å². The van der Waals surface area contributed by atoms with Crippen LogP contribution < -0.4 is 5.73 Å². The van der Waals surface area contributed by atoms with Crippen molar-refractivity contribution in [1.29, 1.82) is 0 Å². The largest absolute Gasteiger partial charge is 0.366 e. The second-order valence-corrected chi connectivity index (χ2v) is 7.10. The van der Waals surface area contributed by atoms with E-state index in [1.807, 2.05) is 13.0 Å². The Balaban J connectivity index is 1.87. The molecule has 0 radical (unpaired) electrons. The van der Waals surface area contributed by atoms with Crippen molar-refractivity contribution in [1.82, 2.24) is 4.57 Å². The highest BCUT2D eigenvalue weighted by atomic mass is 16.1. The molecule has 3 heteroatoms. The number of hydrogen-bond donors (Lipinski definition) is 1. The molecule has 0 spiro atoms. The van der Waals surface area contributed by atoms with Gasteiger partial charge in [0.05, 0.1) is 5.56 Å². The average Bonchev–Trinajstić information content (AvgIpc) is 3.33. The summed E-state index contributed by atoms with van der Waals surface area (Å²) in [5.74, 6) is 0.420. The zero-order chi connectivity index (χ0) is 17.1. The zero-order valence-corrected chi connectivity index (χ0v) is 14.8. The number of carbonyl (C=O) groups is 1. The van der Waals surface area contributed by atoms with Gasteiger partial charge in [0, 0.05) is 17.9 Å². The highest BCUT2D eigenvalue weighted by Crippen LogP contribution is 2.35. The number of nitrogens with zero attached hydrogens (tertiary/aromatic N) is 1. The molecule has 2 N–H and O–H groups in total. The summed E-state index contributed by atoms with van der Waals surface area (Å²) in [6.45, 7) is 5.23. The maximum Gasteiger partial charge on any atom is 0.250 e. The van der Waals surface area contributed by atoms with E-state index in [-0.39, 0.29) is 5.91 Å². The lowest BCUT2D eigenvalue weighted by atomic mass is 10.0. The van der Waals surface area contributed by atoms with Gasteiger partial charge in [0.2, 0.25) is 0 Å². The molecule has 1 heterocycles. The van der Waals surface area contributed by atoms with Crippen LogP contribution in [0.3, 0.4) is 0 Å². The lowest BCUT2D eigenvalue weighted by Crippen LogP contribution is -2.12. The minimum atomic E-state index is -0.334. The SMILES string of the molecule is CCCCCc1ccc(-c2cc(C(N)=O)c(C)n2CC2CC2)cc1. The van der Waals surface area contributed by atoms with Crippen LogP contribution in [-0.2, 0) is 13.0 Å². The Kier molecular flexibility index (Phi) is 5.08. The molecule has 1 aromatic heterocycles. The Hall–Kier alpha value is -2.03. The van der Waals surface area contributed by atoms with Crippen LogP contribution in [0.15, 0.2) is 30.3 Å². The van der Waals surface area contributed by atoms with E-state index in [1.54, 1.807) is 0 Å². The lowest BCUT2D eigenvalue weighted by molar-refractivity contribution is 0.0999. The van der Waals surface area contributed by atoms with Gasteiger partial charge in [-0.3, -0.25) is 4.79 Å². The molecule has 1 aliphatic rings. The van der Waals surface area contributed by atoms with Crippen molar-refractivity contribution in [2.24, 2.45) is 11.7 Å². The molecule has 3 rings (SSSR count). The molecule has 0 atom stereocenters. The summed E-state index contributed by atoms with van der Waals surface area (Å²) in [6, 6.07) is 10.8. The molecule has 0 bridgehead atoms. The molecule has 1 fully saturated rings. The molecule has 3 nitrogen and oxygen atoms in total. The Morgan fingerprint density at radius 1 is 1.21 bits per heavy atom. The van der Waals surface area contributed by atoms with Crippen LogP contribution in [0.1, 0.15) is 60.6 Å². The van der Waals surface area contributed by atoms with E-state index in [2.05, 4.69) is 35.8 Å². The first kappa shape index (κ1) is 16.8. The highest BCUT2D eigenvalue weighted by Gasteiger charge is 2.25. The first-order valence-electron chi connectivity index (χ1n) is 9.19. The second kappa shape index (κ2) is 7.25. The van der Waals surface area contributed by atoms with Gasteiger partial charge in [-0.2, -0.15) is 0 Å². The Labute approximate surface area is 144 Å². The molecule has 0 saturated heterocycles. The third kappa shape index (κ3) is 3.72. The van der Waals surface area contributed by atoms with Crippen molar-refractivity contribution in [3.05, 3.63) is 47.2 Å². The first-order chi connectivity index (χ1) is 11.6. The zero-order valence-electron chi connectivity index (χ0n) is 14.8. The van der Waals surface area contributed by atoms with Gasteiger partial charge in [-0.25, -0.2) is 0 Å². The Morgan fingerprint density at radius 3 is 2.50 bits per heavy atom. The molecule has 2 aromatic rings. The molecule has 128 valence electrons. The van der Waals surface area contributed by atoms with E-state index in [4.69, 9.17) is 5.73 Å². The Morgan fingerprint density at radius 2 is 1.92 bits per heavy atom. The monoisotopic (exact) mass is 324 g/mol. The van der Waals surface area contributed by atoms with Gasteiger partial charge in [-0.05, 0) is 55.7 Å². The normalized spacial score (nSPS) is 14.1. The van der Waals surface area contributed by atoms with E-state index in [0.717, 1.165) is 30.3 Å². The number of rotatable bonds is 8. The molecule has 0 aliphatic heterocycles. The van der Waals surface area contributed by atoms with Gasteiger partial charge < -0.3 is 10.3 Å². The predicted molar refractivity (Wildman–Crippen MR) is 99.1 cm³/mol. The third-order valence-corrected chi connectivity index (χ3v) is 5.09. The summed E-state index contributed by atoms with van der Waals surface area (Å²) in [5, 5.41) is 0. The molecule has 1 aromatic carbocycles. The molecule has 1 aliphatic carbocycles. The summed E-state index contributed by atoms with van der Waals surface area (Å²) in [6.07, 6.45) is 7.51. The van der Waals surface area contributed by atoms with Gasteiger partial charge in [-0.15, -0.1) is 0 Å². The summed E-state index contributed by atoms with van der Waals surface area (Å²) >= 11 is 0. The van der Waals surface area contributed by atoms with Crippen molar-refractivity contribution >= 4 is 5.91 Å². The predicted octanol–water partition coefficient (Wildman–Crippen LogP) is 4.71. The van der Waals surface area contributed by atoms with Gasteiger partial charge in [0.1, 0.15) is 0 Å². The number of carbonyl (C=O) groups excluding carboxylic acids is 1. The van der Waals surface area contributed by atoms with Crippen LogP contribution in [0, 0.1) is 12.8 Å². The molecule has 1 saturated carbocycles. The van der Waals surface area contributed by atoms with Crippen LogP contribution in [0.25, 0.3) is 11.3 Å². The Bertz CT molecular complexity index is 708. The van der Waals surface area contributed by atoms with E-state index < -0.39 is 0 Å². The smallest absolute Gasteiger partial charge is 0.250 e. The number of nitrogens with two attached hydrogens (primary N) is 1. The quantitative estimate of drug-likeness (QED) is 0.703. The van der Waals surface area contributed by atoms with Gasteiger partial charge in [-0.1, -0.05) is 44.0 Å². The van der Waals surface area contributed by atoms with Crippen molar-refractivity contribution < 1.29 is 4.79 Å². The fourth-order valence-electron chi connectivity index (χ4n) is 3.35. The van der Waals surface area contributed by atoms with E-state index in [0.29, 0.717) is 5.56 Å². The van der Waals surface area contributed by atoms with Gasteiger partial charge >= 0.3 is 0 Å². The summed E-state index contributed by atoms with van der Waals surface area (Å²) in [4.78, 5) is 11.7. The van der Waals surface area contributed by atoms with Crippen LogP contribution in [0.5, 0.6) is 0 Å². The number of benzene rings is 1. The first-order valence-corrected chi connectivity index (χ1v) is 9.19. The maximum absolute atomic E-state index is 11.7.